The SMILES string of the molecule is Fc1cccc(CCl)c1OCc1ccncc1. The van der Waals surface area contributed by atoms with Gasteiger partial charge in [-0.05, 0) is 23.8 Å². The molecule has 0 spiro atoms. The van der Waals surface area contributed by atoms with Gasteiger partial charge in [0.15, 0.2) is 11.6 Å². The highest BCUT2D eigenvalue weighted by atomic mass is 35.5. The van der Waals surface area contributed by atoms with E-state index >= 15 is 0 Å². The third kappa shape index (κ3) is 2.94. The van der Waals surface area contributed by atoms with Crippen LogP contribution >= 0.6 is 11.6 Å². The number of hydrogen-bond acceptors (Lipinski definition) is 2. The van der Waals surface area contributed by atoms with Gasteiger partial charge < -0.3 is 4.74 Å². The van der Waals surface area contributed by atoms with Gasteiger partial charge in [0.1, 0.15) is 6.61 Å². The predicted octanol–water partition coefficient (Wildman–Crippen LogP) is 3.54. The minimum absolute atomic E-state index is 0.222. The lowest BCUT2D eigenvalue weighted by Crippen LogP contribution is -2.00. The maximum Gasteiger partial charge on any atom is 0.165 e. The van der Waals surface area contributed by atoms with Crippen LogP contribution in [0.2, 0.25) is 0 Å². The highest BCUT2D eigenvalue weighted by Gasteiger charge is 2.08. The zero-order chi connectivity index (χ0) is 12.1. The number of hydrogen-bond donors (Lipinski definition) is 0. The summed E-state index contributed by atoms with van der Waals surface area (Å²) in [4.78, 5) is 3.90. The van der Waals surface area contributed by atoms with Crippen LogP contribution < -0.4 is 4.74 Å². The predicted molar refractivity (Wildman–Crippen MR) is 64.5 cm³/mol. The molecule has 2 nitrogen and oxygen atoms in total. The Labute approximate surface area is 104 Å². The van der Waals surface area contributed by atoms with Crippen molar-refractivity contribution in [1.29, 1.82) is 0 Å². The molecule has 0 aliphatic carbocycles. The van der Waals surface area contributed by atoms with E-state index in [0.29, 0.717) is 12.2 Å². The van der Waals surface area contributed by atoms with Crippen LogP contribution in [0.3, 0.4) is 0 Å². The number of alkyl halides is 1. The van der Waals surface area contributed by atoms with Crippen molar-refractivity contribution < 1.29 is 9.13 Å². The first-order chi connectivity index (χ1) is 8.31. The zero-order valence-corrected chi connectivity index (χ0v) is 9.82. The number of halogens is 2. The van der Waals surface area contributed by atoms with Gasteiger partial charge in [0, 0.05) is 18.0 Å². The van der Waals surface area contributed by atoms with E-state index in [1.54, 1.807) is 24.5 Å². The van der Waals surface area contributed by atoms with Crippen LogP contribution in [-0.2, 0) is 12.5 Å². The van der Waals surface area contributed by atoms with E-state index in [1.807, 2.05) is 12.1 Å². The van der Waals surface area contributed by atoms with Gasteiger partial charge in [-0.15, -0.1) is 11.6 Å². The molecule has 0 N–H and O–H groups in total. The summed E-state index contributed by atoms with van der Waals surface area (Å²) in [5, 5.41) is 0. The molecular formula is C13H11ClFNO. The summed E-state index contributed by atoms with van der Waals surface area (Å²) >= 11 is 5.73. The van der Waals surface area contributed by atoms with E-state index in [9.17, 15) is 4.39 Å². The van der Waals surface area contributed by atoms with Gasteiger partial charge in [0.05, 0.1) is 5.88 Å². The lowest BCUT2D eigenvalue weighted by Gasteiger charge is -2.10. The van der Waals surface area contributed by atoms with E-state index < -0.39 is 5.82 Å². The van der Waals surface area contributed by atoms with Crippen LogP contribution in [0, 0.1) is 5.82 Å². The van der Waals surface area contributed by atoms with Gasteiger partial charge in [0.2, 0.25) is 0 Å². The van der Waals surface area contributed by atoms with E-state index in [2.05, 4.69) is 4.98 Å². The second-order valence-corrected chi connectivity index (χ2v) is 3.77. The van der Waals surface area contributed by atoms with E-state index in [1.165, 1.54) is 6.07 Å². The molecule has 0 saturated heterocycles. The number of rotatable bonds is 4. The van der Waals surface area contributed by atoms with Gasteiger partial charge in [-0.2, -0.15) is 0 Å². The van der Waals surface area contributed by atoms with Gasteiger partial charge in [-0.1, -0.05) is 12.1 Å². The summed E-state index contributed by atoms with van der Waals surface area (Å²) in [6.07, 6.45) is 3.34. The van der Waals surface area contributed by atoms with Crippen molar-refractivity contribution in [2.45, 2.75) is 12.5 Å². The van der Waals surface area contributed by atoms with Crippen molar-refractivity contribution in [2.75, 3.05) is 0 Å². The first-order valence-electron chi connectivity index (χ1n) is 5.16. The Hall–Kier alpha value is -1.61. The fraction of sp³-hybridized carbons (Fsp3) is 0.154. The number of ether oxygens (including phenoxy) is 1. The molecule has 88 valence electrons. The first kappa shape index (κ1) is 11.9. The molecule has 0 radical (unpaired) electrons. The Balaban J connectivity index is 2.14. The third-order valence-corrected chi connectivity index (χ3v) is 2.61. The molecule has 2 aromatic rings. The fourth-order valence-corrected chi connectivity index (χ4v) is 1.67. The zero-order valence-electron chi connectivity index (χ0n) is 9.07. The highest BCUT2D eigenvalue weighted by molar-refractivity contribution is 6.17. The summed E-state index contributed by atoms with van der Waals surface area (Å²) in [6, 6.07) is 8.37. The Morgan fingerprint density at radius 2 is 1.94 bits per heavy atom. The lowest BCUT2D eigenvalue weighted by molar-refractivity contribution is 0.287. The van der Waals surface area contributed by atoms with E-state index in [4.69, 9.17) is 16.3 Å². The molecule has 0 amide bonds. The van der Waals surface area contributed by atoms with Gasteiger partial charge in [-0.25, -0.2) is 4.39 Å². The molecule has 0 aliphatic rings. The summed E-state index contributed by atoms with van der Waals surface area (Å²) in [7, 11) is 0. The second-order valence-electron chi connectivity index (χ2n) is 3.51. The molecule has 2 rings (SSSR count). The van der Waals surface area contributed by atoms with Crippen molar-refractivity contribution in [3.8, 4) is 5.75 Å². The number of para-hydroxylation sites is 1. The lowest BCUT2D eigenvalue weighted by atomic mass is 10.2. The molecule has 0 unspecified atom stereocenters. The normalized spacial score (nSPS) is 10.2. The molecule has 0 saturated carbocycles. The van der Waals surface area contributed by atoms with Crippen LogP contribution in [0.4, 0.5) is 4.39 Å². The average molecular weight is 252 g/mol. The summed E-state index contributed by atoms with van der Waals surface area (Å²) in [6.45, 7) is 0.299. The number of aromatic nitrogens is 1. The van der Waals surface area contributed by atoms with Crippen molar-refractivity contribution >= 4 is 11.6 Å². The summed E-state index contributed by atoms with van der Waals surface area (Å²) in [5.74, 6) is 0.0557. The minimum Gasteiger partial charge on any atom is -0.485 e. The summed E-state index contributed by atoms with van der Waals surface area (Å²) in [5.41, 5.74) is 1.59. The molecule has 4 heteroatoms. The standard InChI is InChI=1S/C13H11ClFNO/c14-8-11-2-1-3-12(15)13(11)17-9-10-4-6-16-7-5-10/h1-7H,8-9H2. The average Bonchev–Trinajstić information content (AvgIpc) is 2.38. The minimum atomic E-state index is -0.391. The molecule has 0 bridgehead atoms. The van der Waals surface area contributed by atoms with Crippen molar-refractivity contribution in [1.82, 2.24) is 4.98 Å². The monoisotopic (exact) mass is 251 g/mol. The Morgan fingerprint density at radius 1 is 1.18 bits per heavy atom. The molecule has 0 fully saturated rings. The topological polar surface area (TPSA) is 22.1 Å². The van der Waals surface area contributed by atoms with Gasteiger partial charge in [-0.3, -0.25) is 4.98 Å². The molecule has 1 heterocycles. The first-order valence-corrected chi connectivity index (χ1v) is 5.70. The second kappa shape index (κ2) is 5.64. The Bertz CT molecular complexity index is 490. The maximum atomic E-state index is 13.5. The largest absolute Gasteiger partial charge is 0.485 e. The number of benzene rings is 1. The van der Waals surface area contributed by atoms with Gasteiger partial charge in [0.25, 0.3) is 0 Å². The van der Waals surface area contributed by atoms with Crippen molar-refractivity contribution in [3.05, 3.63) is 59.7 Å². The maximum absolute atomic E-state index is 13.5. The van der Waals surface area contributed by atoms with Crippen molar-refractivity contribution in [2.24, 2.45) is 0 Å². The van der Waals surface area contributed by atoms with Gasteiger partial charge >= 0.3 is 0 Å². The highest BCUT2D eigenvalue weighted by Crippen LogP contribution is 2.25. The molecule has 0 atom stereocenters. The Morgan fingerprint density at radius 3 is 2.65 bits per heavy atom. The Kier molecular flexibility index (Phi) is 3.94. The van der Waals surface area contributed by atoms with E-state index in [0.717, 1.165) is 5.56 Å². The van der Waals surface area contributed by atoms with Crippen LogP contribution in [-0.4, -0.2) is 4.98 Å². The molecule has 1 aromatic carbocycles. The van der Waals surface area contributed by atoms with Crippen LogP contribution in [0.5, 0.6) is 5.75 Å². The molecule has 0 aliphatic heterocycles. The molecule has 1 aromatic heterocycles. The third-order valence-electron chi connectivity index (χ3n) is 2.33. The van der Waals surface area contributed by atoms with Crippen LogP contribution in [0.1, 0.15) is 11.1 Å². The number of pyridine rings is 1. The smallest absolute Gasteiger partial charge is 0.165 e. The molecular weight excluding hydrogens is 241 g/mol. The summed E-state index contributed by atoms with van der Waals surface area (Å²) < 4.78 is 19.0. The number of nitrogens with zero attached hydrogens (tertiary/aromatic N) is 1. The van der Waals surface area contributed by atoms with E-state index in [-0.39, 0.29) is 11.6 Å². The molecule has 17 heavy (non-hydrogen) atoms. The quantitative estimate of drug-likeness (QED) is 0.776. The van der Waals surface area contributed by atoms with Crippen LogP contribution in [0.15, 0.2) is 42.7 Å². The fourth-order valence-electron chi connectivity index (χ4n) is 1.45. The van der Waals surface area contributed by atoms with Crippen LogP contribution in [0.25, 0.3) is 0 Å². The van der Waals surface area contributed by atoms with Crippen molar-refractivity contribution in [3.63, 3.8) is 0 Å².